The zero-order valence-corrected chi connectivity index (χ0v) is 20.6. The van der Waals surface area contributed by atoms with Crippen LogP contribution in [0.2, 0.25) is 0 Å². The van der Waals surface area contributed by atoms with E-state index in [2.05, 4.69) is 50.5 Å². The summed E-state index contributed by atoms with van der Waals surface area (Å²) in [6.45, 7) is 10.6. The summed E-state index contributed by atoms with van der Waals surface area (Å²) >= 11 is 0. The molecule has 1 aromatic heterocycles. The number of aryl methyl sites for hydroxylation is 1. The molecule has 7 heteroatoms. The Balaban J connectivity index is 1.06. The third-order valence-corrected chi connectivity index (χ3v) is 7.73. The second kappa shape index (κ2) is 10.8. The van der Waals surface area contributed by atoms with Crippen molar-refractivity contribution in [2.75, 3.05) is 57.3 Å². The van der Waals surface area contributed by atoms with Gasteiger partial charge in [0.15, 0.2) is 0 Å². The van der Waals surface area contributed by atoms with E-state index in [4.69, 9.17) is 4.74 Å². The van der Waals surface area contributed by atoms with Crippen molar-refractivity contribution in [1.82, 2.24) is 19.4 Å². The maximum atomic E-state index is 12.2. The molecule has 0 spiro atoms. The highest BCUT2D eigenvalue weighted by Gasteiger charge is 2.26. The monoisotopic (exact) mass is 465 g/mol. The number of carbonyl (C=O) groups is 1. The lowest BCUT2D eigenvalue weighted by Gasteiger charge is -2.39. The molecule has 0 saturated carbocycles. The summed E-state index contributed by atoms with van der Waals surface area (Å²) in [7, 11) is 0. The first-order valence-electron chi connectivity index (χ1n) is 13.2. The molecule has 4 heterocycles. The Hall–Kier alpha value is -2.54. The molecule has 7 nitrogen and oxygen atoms in total. The Morgan fingerprint density at radius 1 is 1.03 bits per heavy atom. The average Bonchev–Trinajstić information content (AvgIpc) is 3.50. The minimum Gasteiger partial charge on any atom is -0.449 e. The van der Waals surface area contributed by atoms with E-state index in [-0.39, 0.29) is 6.09 Å². The fraction of sp³-hybridized carbons (Fsp3) is 0.630. The number of imidazole rings is 1. The largest absolute Gasteiger partial charge is 0.449 e. The van der Waals surface area contributed by atoms with Gasteiger partial charge in [-0.15, -0.1) is 0 Å². The van der Waals surface area contributed by atoms with Gasteiger partial charge in [-0.2, -0.15) is 0 Å². The predicted octanol–water partition coefficient (Wildman–Crippen LogP) is 4.27. The van der Waals surface area contributed by atoms with Crippen LogP contribution in [0, 0.1) is 5.92 Å². The van der Waals surface area contributed by atoms with Crippen molar-refractivity contribution >= 4 is 11.8 Å². The molecule has 3 aliphatic rings. The van der Waals surface area contributed by atoms with E-state index in [0.717, 1.165) is 77.5 Å². The number of piperazine rings is 1. The second-order valence-corrected chi connectivity index (χ2v) is 10.0. The molecular weight excluding hydrogens is 426 g/mol. The first kappa shape index (κ1) is 23.2. The minimum atomic E-state index is -0.134. The van der Waals surface area contributed by atoms with Crippen LogP contribution in [0.4, 0.5) is 10.5 Å². The van der Waals surface area contributed by atoms with Crippen LogP contribution in [0.25, 0.3) is 11.3 Å². The van der Waals surface area contributed by atoms with E-state index >= 15 is 0 Å². The molecule has 2 aromatic rings. The number of rotatable bonds is 7. The van der Waals surface area contributed by atoms with E-state index in [1.54, 1.807) is 0 Å². The summed E-state index contributed by atoms with van der Waals surface area (Å²) in [6, 6.07) is 9.08. The van der Waals surface area contributed by atoms with Gasteiger partial charge in [0, 0.05) is 64.5 Å². The average molecular weight is 466 g/mol. The molecule has 5 rings (SSSR count). The molecule has 184 valence electrons. The highest BCUT2D eigenvalue weighted by molar-refractivity contribution is 5.67. The lowest BCUT2D eigenvalue weighted by Crippen LogP contribution is -2.50. The summed E-state index contributed by atoms with van der Waals surface area (Å²) in [5.74, 6) is 1.97. The third kappa shape index (κ3) is 5.24. The van der Waals surface area contributed by atoms with Gasteiger partial charge >= 0.3 is 6.09 Å². The number of piperidine rings is 1. The normalized spacial score (nSPS) is 19.4. The van der Waals surface area contributed by atoms with Gasteiger partial charge in [-0.05, 0) is 49.3 Å². The summed E-state index contributed by atoms with van der Waals surface area (Å²) in [6.07, 6.45) is 8.68. The number of nitrogens with zero attached hydrogens (tertiary/aromatic N) is 5. The van der Waals surface area contributed by atoms with Gasteiger partial charge in [-0.25, -0.2) is 9.78 Å². The number of ether oxygens (including phenoxy) is 1. The predicted molar refractivity (Wildman–Crippen MR) is 135 cm³/mol. The Kier molecular flexibility index (Phi) is 7.38. The molecule has 2 saturated heterocycles. The second-order valence-electron chi connectivity index (χ2n) is 10.0. The molecule has 0 N–H and O–H groups in total. The topological polar surface area (TPSA) is 53.8 Å². The number of fused-ring (bicyclic) bond motifs is 1. The van der Waals surface area contributed by atoms with Crippen LogP contribution in [0.1, 0.15) is 44.9 Å². The van der Waals surface area contributed by atoms with Gasteiger partial charge in [0.2, 0.25) is 0 Å². The number of benzene rings is 1. The van der Waals surface area contributed by atoms with Gasteiger partial charge in [0.05, 0.1) is 18.5 Å². The molecule has 0 bridgehead atoms. The first-order chi connectivity index (χ1) is 16.7. The lowest BCUT2D eigenvalue weighted by atomic mass is 9.95. The van der Waals surface area contributed by atoms with Gasteiger partial charge in [0.25, 0.3) is 0 Å². The molecule has 2 fully saturated rings. The van der Waals surface area contributed by atoms with Gasteiger partial charge in [-0.3, -0.25) is 4.90 Å². The van der Waals surface area contributed by atoms with Crippen LogP contribution in [-0.2, 0) is 17.7 Å². The van der Waals surface area contributed by atoms with Crippen molar-refractivity contribution in [3.05, 3.63) is 36.3 Å². The van der Waals surface area contributed by atoms with Crippen LogP contribution < -0.4 is 4.90 Å². The number of hydrogen-bond donors (Lipinski definition) is 0. The van der Waals surface area contributed by atoms with Crippen molar-refractivity contribution in [3.8, 4) is 11.3 Å². The first-order valence-corrected chi connectivity index (χ1v) is 13.2. The fourth-order valence-corrected chi connectivity index (χ4v) is 5.58. The van der Waals surface area contributed by atoms with Crippen molar-refractivity contribution < 1.29 is 9.53 Å². The van der Waals surface area contributed by atoms with Crippen molar-refractivity contribution in [2.45, 2.75) is 52.0 Å². The number of carbonyl (C=O) groups excluding carboxylic acids is 1. The SMILES string of the molecule is CCCCOC(=O)N1CCN(CC2CCN(c3ccc(-c4cnc5n4CCC5)cc3)CC2)CC1. The van der Waals surface area contributed by atoms with Crippen LogP contribution in [-0.4, -0.2) is 77.9 Å². The number of amides is 1. The Bertz CT molecular complexity index is 940. The van der Waals surface area contributed by atoms with E-state index in [1.807, 2.05) is 11.1 Å². The fourth-order valence-electron chi connectivity index (χ4n) is 5.58. The molecule has 0 aliphatic carbocycles. The molecular formula is C27H39N5O2. The highest BCUT2D eigenvalue weighted by atomic mass is 16.6. The smallest absolute Gasteiger partial charge is 0.409 e. The zero-order valence-electron chi connectivity index (χ0n) is 20.6. The van der Waals surface area contributed by atoms with Gasteiger partial charge in [-0.1, -0.05) is 25.5 Å². The number of hydrogen-bond acceptors (Lipinski definition) is 5. The minimum absolute atomic E-state index is 0.134. The molecule has 0 atom stereocenters. The maximum absolute atomic E-state index is 12.2. The summed E-state index contributed by atoms with van der Waals surface area (Å²) in [5, 5.41) is 0. The van der Waals surface area contributed by atoms with Gasteiger partial charge in [0.1, 0.15) is 5.82 Å². The third-order valence-electron chi connectivity index (χ3n) is 7.73. The summed E-state index contributed by atoms with van der Waals surface area (Å²) in [4.78, 5) is 23.7. The zero-order chi connectivity index (χ0) is 23.3. The van der Waals surface area contributed by atoms with Gasteiger partial charge < -0.3 is 19.1 Å². The van der Waals surface area contributed by atoms with E-state index in [1.165, 1.54) is 42.0 Å². The highest BCUT2D eigenvalue weighted by Crippen LogP contribution is 2.29. The van der Waals surface area contributed by atoms with E-state index < -0.39 is 0 Å². The Morgan fingerprint density at radius 2 is 1.79 bits per heavy atom. The van der Waals surface area contributed by atoms with E-state index in [9.17, 15) is 4.79 Å². The van der Waals surface area contributed by atoms with Crippen LogP contribution >= 0.6 is 0 Å². The standard InChI is InChI=1S/C27H39N5O2/c1-2-3-19-34-27(33)31-17-15-29(16-18-31)21-22-10-13-30(14-11-22)24-8-6-23(7-9-24)25-20-28-26-5-4-12-32(25)26/h6-9,20,22H,2-5,10-19,21H2,1H3. The van der Waals surface area contributed by atoms with Crippen molar-refractivity contribution in [2.24, 2.45) is 5.92 Å². The molecule has 3 aliphatic heterocycles. The number of aromatic nitrogens is 2. The van der Waals surface area contributed by atoms with Crippen molar-refractivity contribution in [3.63, 3.8) is 0 Å². The maximum Gasteiger partial charge on any atom is 0.409 e. The lowest BCUT2D eigenvalue weighted by molar-refractivity contribution is 0.0701. The van der Waals surface area contributed by atoms with Crippen LogP contribution in [0.5, 0.6) is 0 Å². The quantitative estimate of drug-likeness (QED) is 0.572. The molecule has 0 unspecified atom stereocenters. The molecule has 1 aromatic carbocycles. The number of unbranched alkanes of at least 4 members (excludes halogenated alkanes) is 1. The molecule has 1 amide bonds. The van der Waals surface area contributed by atoms with Crippen molar-refractivity contribution in [1.29, 1.82) is 0 Å². The number of anilines is 1. The summed E-state index contributed by atoms with van der Waals surface area (Å²) in [5.41, 5.74) is 3.86. The molecule has 34 heavy (non-hydrogen) atoms. The van der Waals surface area contributed by atoms with Crippen LogP contribution in [0.15, 0.2) is 30.5 Å². The Morgan fingerprint density at radius 3 is 2.53 bits per heavy atom. The Labute approximate surface area is 203 Å². The molecule has 0 radical (unpaired) electrons. The summed E-state index contributed by atoms with van der Waals surface area (Å²) < 4.78 is 7.74. The van der Waals surface area contributed by atoms with Crippen LogP contribution in [0.3, 0.4) is 0 Å². The van der Waals surface area contributed by atoms with E-state index in [0.29, 0.717) is 6.61 Å².